The number of aliphatic imine (C=N–C) groups is 1. The Bertz CT molecular complexity index is 329. The van der Waals surface area contributed by atoms with Gasteiger partial charge in [0.05, 0.1) is 17.8 Å². The van der Waals surface area contributed by atoms with Gasteiger partial charge in [-0.05, 0) is 11.4 Å². The molecule has 0 aromatic carbocycles. The first-order chi connectivity index (χ1) is 6.36. The van der Waals surface area contributed by atoms with Crippen LogP contribution in [0.4, 0.5) is 0 Å². The topological polar surface area (TPSA) is 41.5 Å². The summed E-state index contributed by atoms with van der Waals surface area (Å²) in [6.07, 6.45) is 0.417. The van der Waals surface area contributed by atoms with Crippen molar-refractivity contribution in [3.63, 3.8) is 0 Å². The van der Waals surface area contributed by atoms with E-state index in [2.05, 4.69) is 10.3 Å². The van der Waals surface area contributed by atoms with E-state index < -0.39 is 0 Å². The number of amidine groups is 1. The predicted molar refractivity (Wildman–Crippen MR) is 53.6 cm³/mol. The van der Waals surface area contributed by atoms with E-state index in [1.54, 1.807) is 0 Å². The van der Waals surface area contributed by atoms with Gasteiger partial charge >= 0.3 is 0 Å². The zero-order chi connectivity index (χ0) is 9.10. The fraction of sp³-hybridized carbons (Fsp3) is 0.333. The van der Waals surface area contributed by atoms with Gasteiger partial charge in [0.2, 0.25) is 0 Å². The lowest BCUT2D eigenvalue weighted by molar-refractivity contribution is 0.100. The van der Waals surface area contributed by atoms with Crippen molar-refractivity contribution in [3.05, 3.63) is 22.4 Å². The molecule has 0 atom stereocenters. The Morgan fingerprint density at radius 1 is 1.69 bits per heavy atom. The summed E-state index contributed by atoms with van der Waals surface area (Å²) in [5.41, 5.74) is 0. The average molecular weight is 194 g/mol. The van der Waals surface area contributed by atoms with E-state index in [0.717, 1.165) is 23.8 Å². The van der Waals surface area contributed by atoms with E-state index in [9.17, 15) is 4.79 Å². The van der Waals surface area contributed by atoms with Crippen molar-refractivity contribution < 1.29 is 4.79 Å². The minimum Gasteiger partial charge on any atom is -0.372 e. The van der Waals surface area contributed by atoms with Gasteiger partial charge in [0, 0.05) is 6.54 Å². The van der Waals surface area contributed by atoms with Gasteiger partial charge in [0.25, 0.3) is 0 Å². The number of carbonyl (C=O) groups is 1. The van der Waals surface area contributed by atoms with Crippen molar-refractivity contribution in [2.75, 3.05) is 13.1 Å². The highest BCUT2D eigenvalue weighted by Crippen LogP contribution is 2.11. The number of hydrogen-bond donors (Lipinski definition) is 1. The second-order valence-corrected chi connectivity index (χ2v) is 3.78. The Morgan fingerprint density at radius 3 is 3.23 bits per heavy atom. The quantitative estimate of drug-likeness (QED) is 0.737. The molecule has 1 aliphatic rings. The van der Waals surface area contributed by atoms with E-state index in [4.69, 9.17) is 0 Å². The van der Waals surface area contributed by atoms with Crippen LogP contribution in [0.5, 0.6) is 0 Å². The molecule has 0 unspecified atom stereocenters. The van der Waals surface area contributed by atoms with E-state index in [-0.39, 0.29) is 5.78 Å². The molecule has 3 nitrogen and oxygen atoms in total. The van der Waals surface area contributed by atoms with Crippen molar-refractivity contribution in [1.82, 2.24) is 5.32 Å². The number of hydrogen-bond acceptors (Lipinski definition) is 4. The fourth-order valence-electron chi connectivity index (χ4n) is 1.24. The van der Waals surface area contributed by atoms with Crippen LogP contribution >= 0.6 is 11.3 Å². The SMILES string of the molecule is O=C(CC1=NCCN1)c1cccs1. The van der Waals surface area contributed by atoms with E-state index in [1.807, 2.05) is 17.5 Å². The van der Waals surface area contributed by atoms with Crippen LogP contribution in [0.2, 0.25) is 0 Å². The van der Waals surface area contributed by atoms with Crippen LogP contribution in [0.25, 0.3) is 0 Å². The molecule has 1 aromatic rings. The number of ketones is 1. The lowest BCUT2D eigenvalue weighted by Crippen LogP contribution is -2.21. The molecular weight excluding hydrogens is 184 g/mol. The molecule has 0 bridgehead atoms. The highest BCUT2D eigenvalue weighted by atomic mass is 32.1. The van der Waals surface area contributed by atoms with Gasteiger partial charge in [-0.2, -0.15) is 0 Å². The first kappa shape index (κ1) is 8.44. The molecule has 0 fully saturated rings. The lowest BCUT2D eigenvalue weighted by atomic mass is 10.2. The number of carbonyl (C=O) groups excluding carboxylic acids is 1. The summed E-state index contributed by atoms with van der Waals surface area (Å²) < 4.78 is 0. The van der Waals surface area contributed by atoms with Crippen LogP contribution in [0.1, 0.15) is 16.1 Å². The van der Waals surface area contributed by atoms with Gasteiger partial charge in [-0.1, -0.05) is 6.07 Å². The molecular formula is C9H10N2OS. The maximum Gasteiger partial charge on any atom is 0.180 e. The number of nitrogens with zero attached hydrogens (tertiary/aromatic N) is 1. The fourth-order valence-corrected chi connectivity index (χ4v) is 1.91. The highest BCUT2D eigenvalue weighted by molar-refractivity contribution is 7.12. The third kappa shape index (κ3) is 1.95. The zero-order valence-electron chi connectivity index (χ0n) is 7.12. The van der Waals surface area contributed by atoms with Gasteiger partial charge in [0.15, 0.2) is 5.78 Å². The molecule has 68 valence electrons. The molecule has 0 spiro atoms. The number of rotatable bonds is 3. The maximum atomic E-state index is 11.6. The Kier molecular flexibility index (Phi) is 2.40. The smallest absolute Gasteiger partial charge is 0.180 e. The maximum absolute atomic E-state index is 11.6. The zero-order valence-corrected chi connectivity index (χ0v) is 7.93. The summed E-state index contributed by atoms with van der Waals surface area (Å²) in [4.78, 5) is 16.5. The van der Waals surface area contributed by atoms with Crippen LogP contribution < -0.4 is 5.32 Å². The van der Waals surface area contributed by atoms with E-state index in [0.29, 0.717) is 6.42 Å². The summed E-state index contributed by atoms with van der Waals surface area (Å²) >= 11 is 1.48. The second kappa shape index (κ2) is 3.70. The van der Waals surface area contributed by atoms with Crippen LogP contribution in [-0.4, -0.2) is 24.7 Å². The summed E-state index contributed by atoms with van der Waals surface area (Å²) in [5, 5.41) is 5.00. The monoisotopic (exact) mass is 194 g/mol. The van der Waals surface area contributed by atoms with Crippen LogP contribution in [-0.2, 0) is 0 Å². The van der Waals surface area contributed by atoms with Crippen molar-refractivity contribution >= 4 is 23.0 Å². The third-order valence-electron chi connectivity index (χ3n) is 1.87. The molecule has 0 radical (unpaired) electrons. The van der Waals surface area contributed by atoms with E-state index >= 15 is 0 Å². The summed E-state index contributed by atoms with van der Waals surface area (Å²) in [6.45, 7) is 1.67. The predicted octanol–water partition coefficient (Wildman–Crippen LogP) is 1.32. The molecule has 13 heavy (non-hydrogen) atoms. The summed E-state index contributed by atoms with van der Waals surface area (Å²) in [7, 11) is 0. The van der Waals surface area contributed by atoms with E-state index in [1.165, 1.54) is 11.3 Å². The lowest BCUT2D eigenvalue weighted by Gasteiger charge is -1.98. The van der Waals surface area contributed by atoms with Crippen molar-refractivity contribution in [1.29, 1.82) is 0 Å². The van der Waals surface area contributed by atoms with Gasteiger partial charge in [-0.15, -0.1) is 11.3 Å². The molecule has 4 heteroatoms. The highest BCUT2D eigenvalue weighted by Gasteiger charge is 2.12. The van der Waals surface area contributed by atoms with Crippen LogP contribution in [0, 0.1) is 0 Å². The van der Waals surface area contributed by atoms with Crippen molar-refractivity contribution in [2.24, 2.45) is 4.99 Å². The van der Waals surface area contributed by atoms with Crippen molar-refractivity contribution in [2.45, 2.75) is 6.42 Å². The van der Waals surface area contributed by atoms with Gasteiger partial charge < -0.3 is 5.32 Å². The van der Waals surface area contributed by atoms with Crippen LogP contribution in [0.3, 0.4) is 0 Å². The molecule has 1 aliphatic heterocycles. The molecule has 0 aliphatic carbocycles. The Labute approximate surface area is 80.5 Å². The van der Waals surface area contributed by atoms with Crippen molar-refractivity contribution in [3.8, 4) is 0 Å². The standard InChI is InChI=1S/C9H10N2OS/c12-7(8-2-1-5-13-8)6-9-10-3-4-11-9/h1-2,5H,3-4,6H2,(H,10,11). The first-order valence-electron chi connectivity index (χ1n) is 4.20. The average Bonchev–Trinajstić information content (AvgIpc) is 2.74. The largest absolute Gasteiger partial charge is 0.372 e. The molecule has 0 saturated carbocycles. The molecule has 1 aromatic heterocycles. The van der Waals surface area contributed by atoms with Gasteiger partial charge in [0.1, 0.15) is 5.84 Å². The molecule has 0 amide bonds. The molecule has 2 rings (SSSR count). The minimum atomic E-state index is 0.156. The van der Waals surface area contributed by atoms with Gasteiger partial charge in [-0.25, -0.2) is 0 Å². The Balaban J connectivity index is 1.99. The summed E-state index contributed by atoms with van der Waals surface area (Å²) in [5.74, 6) is 0.988. The number of Topliss-reactive ketones (excluding diaryl/α,β-unsaturated/α-hetero) is 1. The number of nitrogens with one attached hydrogen (secondary N) is 1. The first-order valence-corrected chi connectivity index (χ1v) is 5.08. The normalized spacial score (nSPS) is 15.2. The molecule has 0 saturated heterocycles. The van der Waals surface area contributed by atoms with Gasteiger partial charge in [-0.3, -0.25) is 9.79 Å². The number of thiophene rings is 1. The Morgan fingerprint density at radius 2 is 2.62 bits per heavy atom. The second-order valence-electron chi connectivity index (χ2n) is 2.83. The minimum absolute atomic E-state index is 0.156. The third-order valence-corrected chi connectivity index (χ3v) is 2.78. The summed E-state index contributed by atoms with van der Waals surface area (Å²) in [6, 6.07) is 3.74. The Hall–Kier alpha value is -1.16. The molecule has 2 heterocycles. The molecule has 1 N–H and O–H groups in total. The van der Waals surface area contributed by atoms with Crippen LogP contribution in [0.15, 0.2) is 22.5 Å².